The Hall–Kier alpha value is -0.910. The van der Waals surface area contributed by atoms with Gasteiger partial charge >= 0.3 is 0 Å². The SMILES string of the molecule is CC(C)OCC(O)Cc1cn2ccsc2n1. The summed E-state index contributed by atoms with van der Waals surface area (Å²) in [6, 6.07) is 0. The molecule has 0 amide bonds. The number of aliphatic hydroxyl groups is 1. The van der Waals surface area contributed by atoms with E-state index in [2.05, 4.69) is 4.98 Å². The molecular formula is C11H16N2O2S. The Kier molecular flexibility index (Phi) is 3.58. The molecule has 16 heavy (non-hydrogen) atoms. The lowest BCUT2D eigenvalue weighted by Gasteiger charge is -2.11. The molecule has 2 heterocycles. The van der Waals surface area contributed by atoms with Gasteiger partial charge in [-0.3, -0.25) is 4.40 Å². The van der Waals surface area contributed by atoms with Gasteiger partial charge in [-0.2, -0.15) is 0 Å². The molecule has 0 saturated carbocycles. The van der Waals surface area contributed by atoms with Gasteiger partial charge in [-0.25, -0.2) is 4.98 Å². The Bertz CT molecular complexity index is 421. The first kappa shape index (κ1) is 11.6. The van der Waals surface area contributed by atoms with Crippen LogP contribution in [0.25, 0.3) is 4.96 Å². The maximum absolute atomic E-state index is 9.74. The van der Waals surface area contributed by atoms with Crippen LogP contribution in [0.5, 0.6) is 0 Å². The van der Waals surface area contributed by atoms with Crippen LogP contribution in [-0.4, -0.2) is 33.3 Å². The summed E-state index contributed by atoms with van der Waals surface area (Å²) in [6.07, 6.45) is 4.13. The minimum absolute atomic E-state index is 0.153. The molecule has 2 aromatic rings. The molecule has 0 fully saturated rings. The number of fused-ring (bicyclic) bond motifs is 1. The Balaban J connectivity index is 1.91. The van der Waals surface area contributed by atoms with E-state index in [4.69, 9.17) is 4.74 Å². The normalized spacial score (nSPS) is 13.8. The molecule has 1 unspecified atom stereocenters. The van der Waals surface area contributed by atoms with Crippen LogP contribution in [-0.2, 0) is 11.2 Å². The number of aromatic nitrogens is 2. The second kappa shape index (κ2) is 4.95. The summed E-state index contributed by atoms with van der Waals surface area (Å²) in [4.78, 5) is 5.37. The molecule has 1 N–H and O–H groups in total. The summed E-state index contributed by atoms with van der Waals surface area (Å²) in [5.41, 5.74) is 0.909. The molecule has 0 bridgehead atoms. The summed E-state index contributed by atoms with van der Waals surface area (Å²) >= 11 is 1.59. The van der Waals surface area contributed by atoms with E-state index in [1.807, 2.05) is 36.0 Å². The average molecular weight is 240 g/mol. The zero-order valence-electron chi connectivity index (χ0n) is 9.46. The van der Waals surface area contributed by atoms with E-state index in [9.17, 15) is 5.11 Å². The highest BCUT2D eigenvalue weighted by Gasteiger charge is 2.10. The summed E-state index contributed by atoms with van der Waals surface area (Å²) in [5.74, 6) is 0. The molecular weight excluding hydrogens is 224 g/mol. The third-order valence-electron chi connectivity index (χ3n) is 2.21. The average Bonchev–Trinajstić information content (AvgIpc) is 2.74. The second-order valence-electron chi connectivity index (χ2n) is 4.07. The molecule has 0 radical (unpaired) electrons. The largest absolute Gasteiger partial charge is 0.390 e. The lowest BCUT2D eigenvalue weighted by atomic mass is 10.2. The number of hydrogen-bond donors (Lipinski definition) is 1. The molecule has 0 aliphatic rings. The van der Waals surface area contributed by atoms with E-state index in [0.29, 0.717) is 13.0 Å². The summed E-state index contributed by atoms with van der Waals surface area (Å²) in [6.45, 7) is 4.28. The van der Waals surface area contributed by atoms with Crippen molar-refractivity contribution in [3.05, 3.63) is 23.5 Å². The first-order chi connectivity index (χ1) is 7.65. The van der Waals surface area contributed by atoms with Gasteiger partial charge in [0.1, 0.15) is 0 Å². The molecule has 0 saturated heterocycles. The van der Waals surface area contributed by atoms with E-state index >= 15 is 0 Å². The van der Waals surface area contributed by atoms with E-state index in [1.165, 1.54) is 0 Å². The van der Waals surface area contributed by atoms with Gasteiger partial charge in [0, 0.05) is 24.2 Å². The van der Waals surface area contributed by atoms with Gasteiger partial charge < -0.3 is 9.84 Å². The predicted molar refractivity (Wildman–Crippen MR) is 63.9 cm³/mol. The number of rotatable bonds is 5. The van der Waals surface area contributed by atoms with Crippen LogP contribution >= 0.6 is 11.3 Å². The van der Waals surface area contributed by atoms with Gasteiger partial charge in [-0.05, 0) is 13.8 Å². The predicted octanol–water partition coefficient (Wildman–Crippen LogP) is 1.72. The van der Waals surface area contributed by atoms with E-state index in [0.717, 1.165) is 10.7 Å². The third-order valence-corrected chi connectivity index (χ3v) is 2.98. The van der Waals surface area contributed by atoms with Crippen molar-refractivity contribution in [1.29, 1.82) is 0 Å². The number of thiazole rings is 1. The quantitative estimate of drug-likeness (QED) is 0.865. The monoisotopic (exact) mass is 240 g/mol. The third kappa shape index (κ3) is 2.81. The van der Waals surface area contributed by atoms with Crippen molar-refractivity contribution >= 4 is 16.3 Å². The molecule has 0 aliphatic heterocycles. The number of imidazole rings is 1. The van der Waals surface area contributed by atoms with Crippen LogP contribution in [0, 0.1) is 0 Å². The van der Waals surface area contributed by atoms with Crippen molar-refractivity contribution in [2.75, 3.05) is 6.61 Å². The maximum Gasteiger partial charge on any atom is 0.193 e. The zero-order valence-corrected chi connectivity index (χ0v) is 10.3. The molecule has 2 rings (SSSR count). The number of hydrogen-bond acceptors (Lipinski definition) is 4. The Morgan fingerprint density at radius 2 is 2.38 bits per heavy atom. The fourth-order valence-corrected chi connectivity index (χ4v) is 2.20. The molecule has 88 valence electrons. The summed E-state index contributed by atoms with van der Waals surface area (Å²) < 4.78 is 7.32. The van der Waals surface area contributed by atoms with Gasteiger partial charge in [0.2, 0.25) is 0 Å². The molecule has 1 atom stereocenters. The minimum atomic E-state index is -0.480. The van der Waals surface area contributed by atoms with Gasteiger partial charge in [0.15, 0.2) is 4.96 Å². The first-order valence-corrected chi connectivity index (χ1v) is 6.24. The summed E-state index contributed by atoms with van der Waals surface area (Å²) in [7, 11) is 0. The molecule has 0 aliphatic carbocycles. The van der Waals surface area contributed by atoms with Crippen molar-refractivity contribution in [2.24, 2.45) is 0 Å². The smallest absolute Gasteiger partial charge is 0.193 e. The molecule has 0 aromatic carbocycles. The van der Waals surface area contributed by atoms with E-state index in [-0.39, 0.29) is 6.10 Å². The lowest BCUT2D eigenvalue weighted by molar-refractivity contribution is 0.00591. The highest BCUT2D eigenvalue weighted by molar-refractivity contribution is 7.15. The Morgan fingerprint density at radius 1 is 1.56 bits per heavy atom. The maximum atomic E-state index is 9.74. The van der Waals surface area contributed by atoms with Gasteiger partial charge in [0.05, 0.1) is 24.5 Å². The lowest BCUT2D eigenvalue weighted by Crippen LogP contribution is -2.20. The van der Waals surface area contributed by atoms with Crippen molar-refractivity contribution in [1.82, 2.24) is 9.38 Å². The minimum Gasteiger partial charge on any atom is -0.390 e. The van der Waals surface area contributed by atoms with Crippen LogP contribution in [0.3, 0.4) is 0 Å². The van der Waals surface area contributed by atoms with Crippen molar-refractivity contribution in [3.63, 3.8) is 0 Å². The van der Waals surface area contributed by atoms with Gasteiger partial charge in [-0.15, -0.1) is 11.3 Å². The number of nitrogens with zero attached hydrogens (tertiary/aromatic N) is 2. The van der Waals surface area contributed by atoms with Gasteiger partial charge in [0.25, 0.3) is 0 Å². The van der Waals surface area contributed by atoms with Crippen LogP contribution in [0.15, 0.2) is 17.8 Å². The fraction of sp³-hybridized carbons (Fsp3) is 0.545. The standard InChI is InChI=1S/C11H16N2O2S/c1-8(2)15-7-10(14)5-9-6-13-3-4-16-11(13)12-9/h3-4,6,8,10,14H,5,7H2,1-2H3. The summed E-state index contributed by atoms with van der Waals surface area (Å²) in [5, 5.41) is 11.7. The number of aliphatic hydroxyl groups excluding tert-OH is 1. The topological polar surface area (TPSA) is 46.8 Å². The van der Waals surface area contributed by atoms with Crippen LogP contribution in [0.1, 0.15) is 19.5 Å². The number of ether oxygens (including phenoxy) is 1. The van der Waals surface area contributed by atoms with E-state index in [1.54, 1.807) is 11.3 Å². The van der Waals surface area contributed by atoms with Crippen LogP contribution in [0.2, 0.25) is 0 Å². The van der Waals surface area contributed by atoms with Gasteiger partial charge in [-0.1, -0.05) is 0 Å². The van der Waals surface area contributed by atoms with Crippen molar-refractivity contribution < 1.29 is 9.84 Å². The van der Waals surface area contributed by atoms with E-state index < -0.39 is 6.10 Å². The van der Waals surface area contributed by atoms with Crippen LogP contribution < -0.4 is 0 Å². The Morgan fingerprint density at radius 3 is 3.06 bits per heavy atom. The van der Waals surface area contributed by atoms with Crippen LogP contribution in [0.4, 0.5) is 0 Å². The Labute approximate surface area is 98.5 Å². The van der Waals surface area contributed by atoms with Crippen molar-refractivity contribution in [2.45, 2.75) is 32.5 Å². The van der Waals surface area contributed by atoms with Crippen molar-refractivity contribution in [3.8, 4) is 0 Å². The second-order valence-corrected chi connectivity index (χ2v) is 4.94. The molecule has 5 heteroatoms. The molecule has 4 nitrogen and oxygen atoms in total. The molecule has 2 aromatic heterocycles. The fourth-order valence-electron chi connectivity index (χ4n) is 1.48. The zero-order chi connectivity index (χ0) is 11.5. The highest BCUT2D eigenvalue weighted by atomic mass is 32.1. The first-order valence-electron chi connectivity index (χ1n) is 5.36. The highest BCUT2D eigenvalue weighted by Crippen LogP contribution is 2.12. The molecule has 0 spiro atoms.